The highest BCUT2D eigenvalue weighted by Crippen LogP contribution is 2.24. The number of carbonyl (C=O) groups excluding carboxylic acids is 1. The van der Waals surface area contributed by atoms with Crippen molar-refractivity contribution in [3.8, 4) is 0 Å². The topological polar surface area (TPSA) is 17.1 Å². The van der Waals surface area contributed by atoms with Crippen LogP contribution in [0.1, 0.15) is 15.9 Å². The summed E-state index contributed by atoms with van der Waals surface area (Å²) in [7, 11) is 0. The van der Waals surface area contributed by atoms with Crippen LogP contribution in [-0.4, -0.2) is 6.29 Å². The van der Waals surface area contributed by atoms with Gasteiger partial charge in [-0.1, -0.05) is 12.1 Å². The molecule has 0 spiro atoms. The van der Waals surface area contributed by atoms with E-state index in [4.69, 9.17) is 0 Å². The Labute approximate surface area is 108 Å². The molecule has 0 radical (unpaired) electrons. The summed E-state index contributed by atoms with van der Waals surface area (Å²) >= 11 is 1.36. The molecule has 0 saturated heterocycles. The molecule has 0 aliphatic heterocycles. The summed E-state index contributed by atoms with van der Waals surface area (Å²) < 4.78 is 26.4. The van der Waals surface area contributed by atoms with Crippen LogP contribution in [0.25, 0.3) is 0 Å². The largest absolute Gasteiger partial charge is 0.298 e. The van der Waals surface area contributed by atoms with Gasteiger partial charge in [0.1, 0.15) is 17.9 Å². The van der Waals surface area contributed by atoms with Crippen LogP contribution < -0.4 is 0 Å². The highest BCUT2D eigenvalue weighted by Gasteiger charge is 2.05. The van der Waals surface area contributed by atoms with Crippen LogP contribution in [0.15, 0.2) is 47.4 Å². The second-order valence-corrected chi connectivity index (χ2v) is 4.76. The van der Waals surface area contributed by atoms with E-state index in [9.17, 15) is 13.6 Å². The fourth-order valence-electron chi connectivity index (χ4n) is 1.49. The monoisotopic (exact) mass is 264 g/mol. The van der Waals surface area contributed by atoms with Gasteiger partial charge in [0.05, 0.1) is 0 Å². The average Bonchev–Trinajstić information content (AvgIpc) is 2.40. The van der Waals surface area contributed by atoms with E-state index < -0.39 is 11.6 Å². The van der Waals surface area contributed by atoms with Crippen LogP contribution in [0.5, 0.6) is 0 Å². The number of rotatable bonds is 4. The number of benzene rings is 2. The fraction of sp³-hybridized carbons (Fsp3) is 0.0714. The highest BCUT2D eigenvalue weighted by atomic mass is 32.2. The van der Waals surface area contributed by atoms with Crippen molar-refractivity contribution < 1.29 is 13.6 Å². The summed E-state index contributed by atoms with van der Waals surface area (Å²) in [6.07, 6.45) is 0.757. The first kappa shape index (κ1) is 12.8. The van der Waals surface area contributed by atoms with Gasteiger partial charge in [0.2, 0.25) is 0 Å². The lowest BCUT2D eigenvalue weighted by Gasteiger charge is -2.04. The zero-order valence-electron chi connectivity index (χ0n) is 9.40. The van der Waals surface area contributed by atoms with Gasteiger partial charge in [0.15, 0.2) is 0 Å². The average molecular weight is 264 g/mol. The summed E-state index contributed by atoms with van der Waals surface area (Å²) in [6, 6.07) is 10.4. The predicted octanol–water partition coefficient (Wildman–Crippen LogP) is 4.07. The molecule has 4 heteroatoms. The number of hydrogen-bond acceptors (Lipinski definition) is 2. The molecule has 0 aliphatic carbocycles. The molecule has 18 heavy (non-hydrogen) atoms. The Balaban J connectivity index is 2.11. The molecule has 0 N–H and O–H groups in total. The molecule has 0 aromatic heterocycles. The Morgan fingerprint density at radius 3 is 2.72 bits per heavy atom. The number of aldehydes is 1. The van der Waals surface area contributed by atoms with Gasteiger partial charge in [-0.15, -0.1) is 11.8 Å². The molecule has 0 heterocycles. The van der Waals surface area contributed by atoms with E-state index >= 15 is 0 Å². The van der Waals surface area contributed by atoms with Gasteiger partial charge in [0, 0.05) is 21.8 Å². The Morgan fingerprint density at radius 2 is 1.94 bits per heavy atom. The summed E-state index contributed by atoms with van der Waals surface area (Å²) in [5.74, 6) is -0.546. The van der Waals surface area contributed by atoms with Crippen molar-refractivity contribution >= 4 is 18.0 Å². The molecule has 92 valence electrons. The van der Waals surface area contributed by atoms with Crippen molar-refractivity contribution in [2.24, 2.45) is 0 Å². The number of hydrogen-bond donors (Lipinski definition) is 0. The van der Waals surface area contributed by atoms with Crippen LogP contribution in [0.3, 0.4) is 0 Å². The first-order valence-corrected chi connectivity index (χ1v) is 6.29. The Morgan fingerprint density at radius 1 is 1.11 bits per heavy atom. The first-order chi connectivity index (χ1) is 8.69. The molecule has 0 atom stereocenters. The SMILES string of the molecule is O=Cc1cccc(SCc2cc(F)ccc2F)c1. The van der Waals surface area contributed by atoms with E-state index in [0.717, 1.165) is 23.3 Å². The van der Waals surface area contributed by atoms with Crippen LogP contribution >= 0.6 is 11.8 Å². The van der Waals surface area contributed by atoms with Crippen molar-refractivity contribution in [1.82, 2.24) is 0 Å². The van der Waals surface area contributed by atoms with Crippen LogP contribution in [0.2, 0.25) is 0 Å². The Hall–Kier alpha value is -1.68. The lowest BCUT2D eigenvalue weighted by molar-refractivity contribution is 0.112. The van der Waals surface area contributed by atoms with E-state index in [2.05, 4.69) is 0 Å². The van der Waals surface area contributed by atoms with Gasteiger partial charge in [-0.05, 0) is 30.3 Å². The molecular weight excluding hydrogens is 254 g/mol. The van der Waals surface area contributed by atoms with Crippen molar-refractivity contribution in [3.63, 3.8) is 0 Å². The van der Waals surface area contributed by atoms with Crippen LogP contribution in [0, 0.1) is 11.6 Å². The maximum atomic E-state index is 13.4. The van der Waals surface area contributed by atoms with Gasteiger partial charge in [-0.3, -0.25) is 4.79 Å². The van der Waals surface area contributed by atoms with Gasteiger partial charge < -0.3 is 0 Å². The summed E-state index contributed by atoms with van der Waals surface area (Å²) in [5, 5.41) is 0. The molecule has 2 aromatic rings. The molecule has 0 unspecified atom stereocenters. The number of thioether (sulfide) groups is 1. The second kappa shape index (κ2) is 5.78. The maximum absolute atomic E-state index is 13.4. The lowest BCUT2D eigenvalue weighted by Crippen LogP contribution is -1.89. The Bertz CT molecular complexity index is 569. The minimum absolute atomic E-state index is 0.316. The van der Waals surface area contributed by atoms with Crippen LogP contribution in [-0.2, 0) is 5.75 Å². The third-order valence-electron chi connectivity index (χ3n) is 2.40. The van der Waals surface area contributed by atoms with E-state index in [1.807, 2.05) is 6.07 Å². The smallest absolute Gasteiger partial charge is 0.150 e. The van der Waals surface area contributed by atoms with Crippen molar-refractivity contribution in [1.29, 1.82) is 0 Å². The molecule has 0 saturated carbocycles. The van der Waals surface area contributed by atoms with Gasteiger partial charge in [-0.25, -0.2) is 8.78 Å². The van der Waals surface area contributed by atoms with Gasteiger partial charge in [-0.2, -0.15) is 0 Å². The minimum atomic E-state index is -0.450. The molecule has 0 fully saturated rings. The third kappa shape index (κ3) is 3.17. The molecule has 0 amide bonds. The fourth-order valence-corrected chi connectivity index (χ4v) is 2.43. The van der Waals surface area contributed by atoms with Gasteiger partial charge >= 0.3 is 0 Å². The molecule has 2 aromatic carbocycles. The standard InChI is InChI=1S/C14H10F2OS/c15-12-4-5-14(16)11(7-12)9-18-13-3-1-2-10(6-13)8-17/h1-8H,9H2. The lowest BCUT2D eigenvalue weighted by atomic mass is 10.2. The van der Waals surface area contributed by atoms with Crippen molar-refractivity contribution in [2.45, 2.75) is 10.6 Å². The zero-order chi connectivity index (χ0) is 13.0. The van der Waals surface area contributed by atoms with E-state index in [0.29, 0.717) is 16.9 Å². The summed E-state index contributed by atoms with van der Waals surface area (Å²) in [5.41, 5.74) is 0.885. The van der Waals surface area contributed by atoms with E-state index in [1.165, 1.54) is 17.8 Å². The summed E-state index contributed by atoms with van der Waals surface area (Å²) in [6.45, 7) is 0. The minimum Gasteiger partial charge on any atom is -0.298 e. The zero-order valence-corrected chi connectivity index (χ0v) is 10.2. The molecular formula is C14H10F2OS. The normalized spacial score (nSPS) is 10.3. The van der Waals surface area contributed by atoms with Gasteiger partial charge in [0.25, 0.3) is 0 Å². The maximum Gasteiger partial charge on any atom is 0.150 e. The quantitative estimate of drug-likeness (QED) is 0.611. The molecule has 2 rings (SSSR count). The van der Waals surface area contributed by atoms with E-state index in [-0.39, 0.29) is 0 Å². The Kier molecular flexibility index (Phi) is 4.10. The number of halogens is 2. The molecule has 0 aliphatic rings. The predicted molar refractivity (Wildman–Crippen MR) is 67.7 cm³/mol. The third-order valence-corrected chi connectivity index (χ3v) is 3.44. The first-order valence-electron chi connectivity index (χ1n) is 5.31. The van der Waals surface area contributed by atoms with Crippen LogP contribution in [0.4, 0.5) is 8.78 Å². The molecule has 0 bridgehead atoms. The second-order valence-electron chi connectivity index (χ2n) is 3.71. The van der Waals surface area contributed by atoms with Crippen molar-refractivity contribution in [3.05, 3.63) is 65.2 Å². The summed E-state index contributed by atoms with van der Waals surface area (Å²) in [4.78, 5) is 11.5. The van der Waals surface area contributed by atoms with Crippen molar-refractivity contribution in [2.75, 3.05) is 0 Å². The van der Waals surface area contributed by atoms with E-state index in [1.54, 1.807) is 18.2 Å². The number of carbonyl (C=O) groups is 1. The molecule has 1 nitrogen and oxygen atoms in total. The highest BCUT2D eigenvalue weighted by molar-refractivity contribution is 7.98.